The highest BCUT2D eigenvalue weighted by molar-refractivity contribution is 6.05. The molecule has 0 saturated heterocycles. The van der Waals surface area contributed by atoms with Crippen LogP contribution in [-0.4, -0.2) is 10.9 Å². The summed E-state index contributed by atoms with van der Waals surface area (Å²) in [4.78, 5) is 16.2. The van der Waals surface area contributed by atoms with Crippen LogP contribution >= 0.6 is 0 Å². The number of carbonyl (C=O) groups is 1. The van der Waals surface area contributed by atoms with Gasteiger partial charge in [-0.25, -0.2) is 4.39 Å². The largest absolute Gasteiger partial charge is 0.399 e. The number of amides is 1. The molecule has 2 aromatic rings. The summed E-state index contributed by atoms with van der Waals surface area (Å²) in [6.45, 7) is 3.57. The number of hydrogen-bond acceptors (Lipinski definition) is 3. The van der Waals surface area contributed by atoms with E-state index in [0.717, 1.165) is 5.69 Å². The van der Waals surface area contributed by atoms with Gasteiger partial charge in [0.05, 0.1) is 16.9 Å². The predicted molar refractivity (Wildman–Crippen MR) is 72.5 cm³/mol. The van der Waals surface area contributed by atoms with Crippen LogP contribution in [0.5, 0.6) is 0 Å². The van der Waals surface area contributed by atoms with Crippen molar-refractivity contribution >= 4 is 17.3 Å². The number of pyridine rings is 1. The Kier molecular flexibility index (Phi) is 3.46. The van der Waals surface area contributed by atoms with Crippen LogP contribution in [0.25, 0.3) is 0 Å². The molecule has 4 nitrogen and oxygen atoms in total. The molecule has 3 N–H and O–H groups in total. The van der Waals surface area contributed by atoms with Gasteiger partial charge in [0, 0.05) is 11.4 Å². The highest BCUT2D eigenvalue weighted by Crippen LogP contribution is 2.19. The van der Waals surface area contributed by atoms with E-state index in [1.807, 2.05) is 6.92 Å². The molecule has 2 rings (SSSR count). The third-order valence-corrected chi connectivity index (χ3v) is 2.71. The zero-order valence-corrected chi connectivity index (χ0v) is 10.7. The zero-order chi connectivity index (χ0) is 14.0. The first kappa shape index (κ1) is 13.0. The minimum Gasteiger partial charge on any atom is -0.399 e. The van der Waals surface area contributed by atoms with E-state index in [0.29, 0.717) is 16.9 Å². The van der Waals surface area contributed by atoms with Crippen molar-refractivity contribution < 1.29 is 9.18 Å². The number of nitrogens with two attached hydrogens (primary N) is 1. The number of rotatable bonds is 2. The number of carbonyl (C=O) groups excluding carboxylic acids is 1. The summed E-state index contributed by atoms with van der Waals surface area (Å²) in [7, 11) is 0. The summed E-state index contributed by atoms with van der Waals surface area (Å²) in [6.07, 6.45) is 0. The molecule has 1 amide bonds. The van der Waals surface area contributed by atoms with Gasteiger partial charge in [0.1, 0.15) is 5.82 Å². The molecule has 98 valence electrons. The van der Waals surface area contributed by atoms with E-state index in [9.17, 15) is 9.18 Å². The number of halogens is 1. The van der Waals surface area contributed by atoms with Crippen molar-refractivity contribution in [1.29, 1.82) is 0 Å². The smallest absolute Gasteiger partial charge is 0.257 e. The van der Waals surface area contributed by atoms with Gasteiger partial charge in [0.15, 0.2) is 0 Å². The van der Waals surface area contributed by atoms with Crippen molar-refractivity contribution in [2.75, 3.05) is 11.1 Å². The summed E-state index contributed by atoms with van der Waals surface area (Å²) in [5.41, 5.74) is 7.84. The van der Waals surface area contributed by atoms with Crippen molar-refractivity contribution in [3.63, 3.8) is 0 Å². The fraction of sp³-hybridized carbons (Fsp3) is 0.143. The molecule has 1 aromatic heterocycles. The fourth-order valence-electron chi connectivity index (χ4n) is 1.75. The van der Waals surface area contributed by atoms with E-state index in [4.69, 9.17) is 5.73 Å². The van der Waals surface area contributed by atoms with E-state index in [2.05, 4.69) is 10.3 Å². The fourth-order valence-corrected chi connectivity index (χ4v) is 1.75. The SMILES string of the molecule is Cc1ccc(C(=O)Nc2cc(N)ccc2F)c(C)n1. The molecule has 0 fully saturated rings. The van der Waals surface area contributed by atoms with Gasteiger partial charge in [-0.1, -0.05) is 0 Å². The summed E-state index contributed by atoms with van der Waals surface area (Å²) < 4.78 is 13.5. The lowest BCUT2D eigenvalue weighted by molar-refractivity contribution is 0.102. The topological polar surface area (TPSA) is 68.0 Å². The van der Waals surface area contributed by atoms with Crippen LogP contribution in [0, 0.1) is 19.7 Å². The Balaban J connectivity index is 2.28. The normalized spacial score (nSPS) is 10.3. The lowest BCUT2D eigenvalue weighted by atomic mass is 10.1. The number of aromatic nitrogens is 1. The molecule has 0 aliphatic heterocycles. The van der Waals surface area contributed by atoms with Gasteiger partial charge in [0.25, 0.3) is 5.91 Å². The Morgan fingerprint density at radius 1 is 1.26 bits per heavy atom. The number of aryl methyl sites for hydroxylation is 2. The third kappa shape index (κ3) is 2.88. The molecule has 0 saturated carbocycles. The van der Waals surface area contributed by atoms with Crippen LogP contribution in [0.3, 0.4) is 0 Å². The predicted octanol–water partition coefficient (Wildman–Crippen LogP) is 2.67. The van der Waals surface area contributed by atoms with Crippen LogP contribution in [0.2, 0.25) is 0 Å². The van der Waals surface area contributed by atoms with Gasteiger partial charge in [-0.05, 0) is 44.2 Å². The van der Waals surface area contributed by atoms with Crippen LogP contribution in [0.15, 0.2) is 30.3 Å². The minimum atomic E-state index is -0.528. The lowest BCUT2D eigenvalue weighted by Crippen LogP contribution is -2.15. The van der Waals surface area contributed by atoms with Gasteiger partial charge in [-0.3, -0.25) is 9.78 Å². The molecule has 0 aliphatic carbocycles. The molecule has 0 radical (unpaired) electrons. The summed E-state index contributed by atoms with van der Waals surface area (Å²) in [6, 6.07) is 7.42. The standard InChI is InChI=1S/C14H14FN3O/c1-8-3-5-11(9(2)17-8)14(19)18-13-7-10(16)4-6-12(13)15/h3-7H,16H2,1-2H3,(H,18,19). The summed E-state index contributed by atoms with van der Waals surface area (Å²) in [5.74, 6) is -0.935. The third-order valence-electron chi connectivity index (χ3n) is 2.71. The molecule has 1 heterocycles. The lowest BCUT2D eigenvalue weighted by Gasteiger charge is -2.09. The minimum absolute atomic E-state index is 0.0602. The van der Waals surface area contributed by atoms with Crippen molar-refractivity contribution in [3.05, 3.63) is 53.1 Å². The van der Waals surface area contributed by atoms with Crippen LogP contribution in [-0.2, 0) is 0 Å². The molecule has 19 heavy (non-hydrogen) atoms. The number of benzene rings is 1. The Labute approximate surface area is 110 Å². The van der Waals surface area contributed by atoms with Gasteiger partial charge in [0.2, 0.25) is 0 Å². The molecule has 0 unspecified atom stereocenters. The first-order chi connectivity index (χ1) is 8.97. The Morgan fingerprint density at radius 3 is 2.68 bits per heavy atom. The van der Waals surface area contributed by atoms with Gasteiger partial charge in [-0.15, -0.1) is 0 Å². The van der Waals surface area contributed by atoms with Crippen LogP contribution < -0.4 is 11.1 Å². The average molecular weight is 259 g/mol. The number of nitrogens with one attached hydrogen (secondary N) is 1. The molecule has 5 heteroatoms. The molecule has 0 aliphatic rings. The maximum absolute atomic E-state index is 13.5. The van der Waals surface area contributed by atoms with Crippen molar-refractivity contribution in [3.8, 4) is 0 Å². The van der Waals surface area contributed by atoms with Gasteiger partial charge in [-0.2, -0.15) is 0 Å². The second-order valence-corrected chi connectivity index (χ2v) is 4.28. The van der Waals surface area contributed by atoms with Crippen LogP contribution in [0.4, 0.5) is 15.8 Å². The van der Waals surface area contributed by atoms with Crippen molar-refractivity contribution in [2.24, 2.45) is 0 Å². The van der Waals surface area contributed by atoms with Crippen LogP contribution in [0.1, 0.15) is 21.7 Å². The number of anilines is 2. The highest BCUT2D eigenvalue weighted by Gasteiger charge is 2.12. The molecule has 0 atom stereocenters. The summed E-state index contributed by atoms with van der Waals surface area (Å²) in [5, 5.41) is 2.49. The molecule has 0 spiro atoms. The van der Waals surface area contributed by atoms with E-state index < -0.39 is 11.7 Å². The number of nitrogen functional groups attached to an aromatic ring is 1. The summed E-state index contributed by atoms with van der Waals surface area (Å²) >= 11 is 0. The highest BCUT2D eigenvalue weighted by atomic mass is 19.1. The first-order valence-corrected chi connectivity index (χ1v) is 5.78. The van der Waals surface area contributed by atoms with E-state index in [1.165, 1.54) is 18.2 Å². The number of nitrogens with zero attached hydrogens (tertiary/aromatic N) is 1. The molecule has 1 aromatic carbocycles. The van der Waals surface area contributed by atoms with E-state index >= 15 is 0 Å². The second-order valence-electron chi connectivity index (χ2n) is 4.28. The second kappa shape index (κ2) is 5.06. The molecule has 0 bridgehead atoms. The maximum atomic E-state index is 13.5. The van der Waals surface area contributed by atoms with E-state index in [1.54, 1.807) is 19.1 Å². The molecular weight excluding hydrogens is 245 g/mol. The van der Waals surface area contributed by atoms with Crippen molar-refractivity contribution in [1.82, 2.24) is 4.98 Å². The Bertz CT molecular complexity index is 641. The zero-order valence-electron chi connectivity index (χ0n) is 10.7. The monoisotopic (exact) mass is 259 g/mol. The van der Waals surface area contributed by atoms with Gasteiger partial charge >= 0.3 is 0 Å². The quantitative estimate of drug-likeness (QED) is 0.815. The van der Waals surface area contributed by atoms with Crippen molar-refractivity contribution in [2.45, 2.75) is 13.8 Å². The Hall–Kier alpha value is -2.43. The Morgan fingerprint density at radius 2 is 2.00 bits per heavy atom. The first-order valence-electron chi connectivity index (χ1n) is 5.78. The van der Waals surface area contributed by atoms with E-state index in [-0.39, 0.29) is 5.69 Å². The molecular formula is C14H14FN3O. The maximum Gasteiger partial charge on any atom is 0.257 e. The number of hydrogen-bond donors (Lipinski definition) is 2. The van der Waals surface area contributed by atoms with Gasteiger partial charge < -0.3 is 11.1 Å². The average Bonchev–Trinajstić information content (AvgIpc) is 2.33.